The van der Waals surface area contributed by atoms with E-state index in [1.165, 1.54) is 6.07 Å². The first kappa shape index (κ1) is 12.7. The van der Waals surface area contributed by atoms with Crippen molar-refractivity contribution in [3.63, 3.8) is 0 Å². The SMILES string of the molecule is N#Cc1cccc(NC/C=C/CN)c1[N+](=O)[O-]. The molecule has 0 spiro atoms. The third-order valence-electron chi connectivity index (χ3n) is 2.05. The fourth-order valence-electron chi connectivity index (χ4n) is 1.32. The van der Waals surface area contributed by atoms with Crippen LogP contribution in [0.15, 0.2) is 30.4 Å². The number of para-hydroxylation sites is 1. The van der Waals surface area contributed by atoms with E-state index in [1.807, 2.05) is 0 Å². The molecule has 0 aliphatic rings. The van der Waals surface area contributed by atoms with Gasteiger partial charge < -0.3 is 11.1 Å². The second kappa shape index (κ2) is 6.25. The van der Waals surface area contributed by atoms with Gasteiger partial charge in [-0.15, -0.1) is 0 Å². The van der Waals surface area contributed by atoms with Crippen LogP contribution < -0.4 is 11.1 Å². The minimum absolute atomic E-state index is 0.0443. The Morgan fingerprint density at radius 3 is 2.88 bits per heavy atom. The van der Waals surface area contributed by atoms with Crippen molar-refractivity contribution in [1.29, 1.82) is 5.26 Å². The number of nitrogens with one attached hydrogen (secondary N) is 1. The summed E-state index contributed by atoms with van der Waals surface area (Å²) in [5.41, 5.74) is 5.44. The van der Waals surface area contributed by atoms with Crippen molar-refractivity contribution < 1.29 is 4.92 Å². The molecule has 1 aromatic rings. The van der Waals surface area contributed by atoms with Crippen LogP contribution in [0.25, 0.3) is 0 Å². The number of nitrogens with zero attached hydrogens (tertiary/aromatic N) is 2. The molecule has 88 valence electrons. The second-order valence-electron chi connectivity index (χ2n) is 3.16. The van der Waals surface area contributed by atoms with E-state index in [9.17, 15) is 10.1 Å². The van der Waals surface area contributed by atoms with Gasteiger partial charge in [0.2, 0.25) is 0 Å². The molecule has 17 heavy (non-hydrogen) atoms. The summed E-state index contributed by atoms with van der Waals surface area (Å²) in [5.74, 6) is 0. The Labute approximate surface area is 98.5 Å². The van der Waals surface area contributed by atoms with E-state index in [2.05, 4.69) is 5.32 Å². The van der Waals surface area contributed by atoms with E-state index >= 15 is 0 Å². The van der Waals surface area contributed by atoms with Crippen molar-refractivity contribution in [1.82, 2.24) is 0 Å². The van der Waals surface area contributed by atoms with E-state index in [4.69, 9.17) is 11.0 Å². The largest absolute Gasteiger partial charge is 0.376 e. The Balaban J connectivity index is 2.95. The minimum atomic E-state index is -0.562. The monoisotopic (exact) mass is 232 g/mol. The van der Waals surface area contributed by atoms with Crippen molar-refractivity contribution in [2.24, 2.45) is 5.73 Å². The lowest BCUT2D eigenvalue weighted by atomic mass is 10.1. The highest BCUT2D eigenvalue weighted by atomic mass is 16.6. The van der Waals surface area contributed by atoms with Crippen LogP contribution in [0.5, 0.6) is 0 Å². The Bertz CT molecular complexity index is 477. The molecule has 0 atom stereocenters. The molecular weight excluding hydrogens is 220 g/mol. The van der Waals surface area contributed by atoms with E-state index in [-0.39, 0.29) is 11.3 Å². The number of hydrogen-bond donors (Lipinski definition) is 2. The van der Waals surface area contributed by atoms with Gasteiger partial charge in [-0.2, -0.15) is 5.26 Å². The summed E-state index contributed by atoms with van der Waals surface area (Å²) >= 11 is 0. The molecular formula is C11H12N4O2. The molecule has 0 amide bonds. The van der Waals surface area contributed by atoms with Crippen LogP contribution in [0, 0.1) is 21.4 Å². The number of anilines is 1. The summed E-state index contributed by atoms with van der Waals surface area (Å²) in [5, 5.41) is 22.5. The lowest BCUT2D eigenvalue weighted by Gasteiger charge is -2.05. The van der Waals surface area contributed by atoms with Gasteiger partial charge >= 0.3 is 5.69 Å². The van der Waals surface area contributed by atoms with Crippen molar-refractivity contribution >= 4 is 11.4 Å². The molecule has 1 aromatic carbocycles. The van der Waals surface area contributed by atoms with Gasteiger partial charge in [-0.1, -0.05) is 18.2 Å². The molecule has 6 heteroatoms. The number of benzene rings is 1. The first-order valence-corrected chi connectivity index (χ1v) is 4.97. The van der Waals surface area contributed by atoms with Gasteiger partial charge in [0.05, 0.1) is 4.92 Å². The maximum Gasteiger partial charge on any atom is 0.309 e. The molecule has 0 bridgehead atoms. The average molecular weight is 232 g/mol. The highest BCUT2D eigenvalue weighted by molar-refractivity contribution is 5.68. The summed E-state index contributed by atoms with van der Waals surface area (Å²) in [6, 6.07) is 6.38. The van der Waals surface area contributed by atoms with E-state index < -0.39 is 4.92 Å². The van der Waals surface area contributed by atoms with Crippen LogP contribution in [0.2, 0.25) is 0 Å². The van der Waals surface area contributed by atoms with Gasteiger partial charge in [0, 0.05) is 13.1 Å². The number of hydrogen-bond acceptors (Lipinski definition) is 5. The minimum Gasteiger partial charge on any atom is -0.376 e. The first-order valence-electron chi connectivity index (χ1n) is 4.97. The zero-order valence-electron chi connectivity index (χ0n) is 9.09. The van der Waals surface area contributed by atoms with Crippen molar-refractivity contribution in [3.05, 3.63) is 46.0 Å². The number of rotatable bonds is 5. The van der Waals surface area contributed by atoms with Crippen molar-refractivity contribution in [2.45, 2.75) is 0 Å². The molecule has 0 fully saturated rings. The standard InChI is InChI=1S/C11H12N4O2/c12-6-1-2-7-14-10-5-3-4-9(8-13)11(10)15(16)17/h1-5,14H,6-7,12H2/b2-1+. The number of nitro groups is 1. The van der Waals surface area contributed by atoms with E-state index in [0.29, 0.717) is 18.8 Å². The van der Waals surface area contributed by atoms with Gasteiger partial charge in [-0.25, -0.2) is 0 Å². The highest BCUT2D eigenvalue weighted by Gasteiger charge is 2.18. The molecule has 6 nitrogen and oxygen atoms in total. The predicted molar refractivity (Wildman–Crippen MR) is 64.5 cm³/mol. The zero-order chi connectivity index (χ0) is 12.7. The van der Waals surface area contributed by atoms with Gasteiger partial charge in [0.15, 0.2) is 0 Å². The van der Waals surface area contributed by atoms with Crippen molar-refractivity contribution in [3.8, 4) is 6.07 Å². The Hall–Kier alpha value is -2.39. The van der Waals surface area contributed by atoms with Crippen LogP contribution in [0.3, 0.4) is 0 Å². The second-order valence-corrected chi connectivity index (χ2v) is 3.16. The van der Waals surface area contributed by atoms with Gasteiger partial charge in [0.1, 0.15) is 17.3 Å². The average Bonchev–Trinajstić information content (AvgIpc) is 2.33. The zero-order valence-corrected chi connectivity index (χ0v) is 9.09. The smallest absolute Gasteiger partial charge is 0.309 e. The fourth-order valence-corrected chi connectivity index (χ4v) is 1.32. The normalized spacial score (nSPS) is 10.1. The summed E-state index contributed by atoms with van der Waals surface area (Å²) in [7, 11) is 0. The Morgan fingerprint density at radius 1 is 1.53 bits per heavy atom. The molecule has 0 unspecified atom stereocenters. The molecule has 0 aromatic heterocycles. The summed E-state index contributed by atoms with van der Waals surface area (Å²) < 4.78 is 0. The Kier molecular flexibility index (Phi) is 4.66. The van der Waals surface area contributed by atoms with Crippen LogP contribution in [0.1, 0.15) is 5.56 Å². The highest BCUT2D eigenvalue weighted by Crippen LogP contribution is 2.27. The van der Waals surface area contributed by atoms with Crippen LogP contribution in [-0.2, 0) is 0 Å². The van der Waals surface area contributed by atoms with E-state index in [1.54, 1.807) is 30.4 Å². The van der Waals surface area contributed by atoms with Gasteiger partial charge in [-0.3, -0.25) is 10.1 Å². The van der Waals surface area contributed by atoms with Crippen LogP contribution >= 0.6 is 0 Å². The fraction of sp³-hybridized carbons (Fsp3) is 0.182. The van der Waals surface area contributed by atoms with Crippen molar-refractivity contribution in [2.75, 3.05) is 18.4 Å². The maximum absolute atomic E-state index is 10.9. The van der Waals surface area contributed by atoms with Gasteiger partial charge in [0.25, 0.3) is 0 Å². The predicted octanol–water partition coefficient (Wildman–Crippen LogP) is 1.39. The lowest BCUT2D eigenvalue weighted by Crippen LogP contribution is -2.04. The lowest BCUT2D eigenvalue weighted by molar-refractivity contribution is -0.384. The van der Waals surface area contributed by atoms with Crippen LogP contribution in [-0.4, -0.2) is 18.0 Å². The third-order valence-corrected chi connectivity index (χ3v) is 2.05. The topological polar surface area (TPSA) is 105 Å². The quantitative estimate of drug-likeness (QED) is 0.453. The number of nitro benzene ring substituents is 1. The molecule has 0 aliphatic heterocycles. The molecule has 3 N–H and O–H groups in total. The summed E-state index contributed by atoms with van der Waals surface area (Å²) in [6.45, 7) is 0.842. The molecule has 0 radical (unpaired) electrons. The summed E-state index contributed by atoms with van der Waals surface area (Å²) in [6.07, 6.45) is 3.51. The molecule has 1 rings (SSSR count). The molecule has 0 aliphatic carbocycles. The molecule has 0 heterocycles. The number of nitriles is 1. The Morgan fingerprint density at radius 2 is 2.29 bits per heavy atom. The summed E-state index contributed by atoms with van der Waals surface area (Å²) in [4.78, 5) is 10.3. The van der Waals surface area contributed by atoms with Crippen LogP contribution in [0.4, 0.5) is 11.4 Å². The van der Waals surface area contributed by atoms with Gasteiger partial charge in [-0.05, 0) is 12.1 Å². The maximum atomic E-state index is 10.9. The first-order chi connectivity index (χ1) is 8.20. The molecule has 0 saturated heterocycles. The third kappa shape index (κ3) is 3.29. The van der Waals surface area contributed by atoms with E-state index in [0.717, 1.165) is 0 Å². The molecule has 0 saturated carbocycles. The number of nitrogens with two attached hydrogens (primary N) is 1.